The van der Waals surface area contributed by atoms with Gasteiger partial charge in [-0.2, -0.15) is 0 Å². The highest BCUT2D eigenvalue weighted by molar-refractivity contribution is 6.11. The Kier molecular flexibility index (Phi) is 4.70. The second-order valence-corrected chi connectivity index (χ2v) is 6.35. The number of rotatable bonds is 5. The molecule has 0 spiro atoms. The van der Waals surface area contributed by atoms with Crippen LogP contribution in [-0.4, -0.2) is 16.5 Å². The molecule has 0 saturated carbocycles. The van der Waals surface area contributed by atoms with Gasteiger partial charge in [-0.1, -0.05) is 31.7 Å². The van der Waals surface area contributed by atoms with Crippen molar-refractivity contribution in [1.82, 2.24) is 4.98 Å². The maximum absolute atomic E-state index is 12.6. The smallest absolute Gasteiger partial charge is 0.168 e. The summed E-state index contributed by atoms with van der Waals surface area (Å²) in [6.07, 6.45) is 12.8. The minimum atomic E-state index is 0.0910. The fraction of sp³-hybridized carbons (Fsp3) is 0.286. The molecule has 3 heteroatoms. The Balaban J connectivity index is 1.83. The highest BCUT2D eigenvalue weighted by atomic mass is 16.1. The van der Waals surface area contributed by atoms with E-state index in [2.05, 4.69) is 35.6 Å². The molecule has 0 bridgehead atoms. The fourth-order valence-corrected chi connectivity index (χ4v) is 3.51. The van der Waals surface area contributed by atoms with E-state index < -0.39 is 0 Å². The predicted octanol–water partition coefficient (Wildman–Crippen LogP) is 4.71. The van der Waals surface area contributed by atoms with Gasteiger partial charge < -0.3 is 0 Å². The number of hydrogen-bond donors (Lipinski definition) is 0. The van der Waals surface area contributed by atoms with E-state index in [-0.39, 0.29) is 11.7 Å². The van der Waals surface area contributed by atoms with Crippen molar-refractivity contribution >= 4 is 11.5 Å². The Labute approximate surface area is 143 Å². The molecule has 3 nitrogen and oxygen atoms in total. The summed E-state index contributed by atoms with van der Waals surface area (Å²) in [5.41, 5.74) is 5.10. The summed E-state index contributed by atoms with van der Waals surface area (Å²) < 4.78 is 0. The summed E-state index contributed by atoms with van der Waals surface area (Å²) in [4.78, 5) is 21.2. The number of ketones is 1. The van der Waals surface area contributed by atoms with Gasteiger partial charge in [0.2, 0.25) is 0 Å². The first kappa shape index (κ1) is 16.3. The highest BCUT2D eigenvalue weighted by Crippen LogP contribution is 2.39. The molecule has 1 aromatic heterocycles. The van der Waals surface area contributed by atoms with Crippen molar-refractivity contribution in [3.8, 4) is 0 Å². The Morgan fingerprint density at radius 2 is 2.29 bits per heavy atom. The lowest BCUT2D eigenvalue weighted by Crippen LogP contribution is -2.25. The highest BCUT2D eigenvalue weighted by Gasteiger charge is 2.33. The number of pyridine rings is 1. The average Bonchev–Trinajstić information content (AvgIpc) is 3.01. The minimum Gasteiger partial charge on any atom is -0.294 e. The molecule has 0 radical (unpaired) electrons. The van der Waals surface area contributed by atoms with Gasteiger partial charge in [-0.15, -0.1) is 0 Å². The molecule has 2 atom stereocenters. The molecule has 3 rings (SSSR count). The molecule has 1 aliphatic heterocycles. The monoisotopic (exact) mass is 318 g/mol. The first-order valence-electron chi connectivity index (χ1n) is 8.35. The normalized spacial score (nSPS) is 23.1. The molecule has 2 aliphatic rings. The lowest BCUT2D eigenvalue weighted by Gasteiger charge is -2.27. The van der Waals surface area contributed by atoms with Crippen LogP contribution in [0, 0.1) is 11.8 Å². The zero-order chi connectivity index (χ0) is 17.1. The second kappa shape index (κ2) is 6.91. The number of Topliss-reactive ketones (excluding diaryl/α,β-unsaturated/α-hetero) is 1. The van der Waals surface area contributed by atoms with E-state index in [1.807, 2.05) is 25.3 Å². The number of aliphatic imine (C=N–C) groups is 1. The van der Waals surface area contributed by atoms with Crippen molar-refractivity contribution in [2.75, 3.05) is 0 Å². The van der Waals surface area contributed by atoms with Crippen LogP contribution in [0.15, 0.2) is 77.2 Å². The number of nitrogens with zero attached hydrogens (tertiary/aromatic N) is 2. The number of hydrogen-bond acceptors (Lipinski definition) is 3. The van der Waals surface area contributed by atoms with Gasteiger partial charge in [0, 0.05) is 36.5 Å². The maximum Gasteiger partial charge on any atom is 0.168 e. The Morgan fingerprint density at radius 1 is 1.46 bits per heavy atom. The topological polar surface area (TPSA) is 42.3 Å². The van der Waals surface area contributed by atoms with Crippen molar-refractivity contribution < 1.29 is 4.79 Å². The largest absolute Gasteiger partial charge is 0.294 e. The van der Waals surface area contributed by atoms with Gasteiger partial charge in [-0.25, -0.2) is 0 Å². The molecule has 2 unspecified atom stereocenters. The molecule has 2 heterocycles. The molecule has 0 saturated heterocycles. The van der Waals surface area contributed by atoms with Crippen LogP contribution in [0.25, 0.3) is 0 Å². The zero-order valence-corrected chi connectivity index (χ0v) is 14.2. The van der Waals surface area contributed by atoms with Gasteiger partial charge in [-0.05, 0) is 48.1 Å². The third-order valence-corrected chi connectivity index (χ3v) is 4.67. The summed E-state index contributed by atoms with van der Waals surface area (Å²) in [5, 5.41) is 0. The molecule has 1 aliphatic carbocycles. The molecule has 0 aromatic carbocycles. The summed E-state index contributed by atoms with van der Waals surface area (Å²) in [6.45, 7) is 8.12. The van der Waals surface area contributed by atoms with E-state index in [1.54, 1.807) is 18.5 Å². The van der Waals surface area contributed by atoms with Crippen molar-refractivity contribution in [2.24, 2.45) is 16.8 Å². The first-order valence-corrected chi connectivity index (χ1v) is 8.35. The van der Waals surface area contributed by atoms with Crippen molar-refractivity contribution in [3.63, 3.8) is 0 Å². The van der Waals surface area contributed by atoms with Crippen molar-refractivity contribution in [3.05, 3.63) is 77.8 Å². The number of carbonyl (C=O) groups is 1. The molecule has 0 N–H and O–H groups in total. The Bertz CT molecular complexity index is 781. The fourth-order valence-electron chi connectivity index (χ4n) is 3.51. The SMILES string of the molecule is C=C/C(=C\C)C1=CN=C2C(CC(=O)c3cccnc3)=CC(C)CC12. The van der Waals surface area contributed by atoms with Crippen LogP contribution in [0.2, 0.25) is 0 Å². The third-order valence-electron chi connectivity index (χ3n) is 4.67. The lowest BCUT2D eigenvalue weighted by molar-refractivity contribution is 0.0993. The van der Waals surface area contributed by atoms with Gasteiger partial charge in [-0.3, -0.25) is 14.8 Å². The molecule has 122 valence electrons. The number of allylic oxidation sites excluding steroid dienone is 6. The van der Waals surface area contributed by atoms with E-state index in [4.69, 9.17) is 0 Å². The van der Waals surface area contributed by atoms with Crippen molar-refractivity contribution in [2.45, 2.75) is 26.7 Å². The Morgan fingerprint density at radius 3 is 2.96 bits per heavy atom. The predicted molar refractivity (Wildman–Crippen MR) is 98.0 cm³/mol. The van der Waals surface area contributed by atoms with Gasteiger partial charge in [0.1, 0.15) is 0 Å². The van der Waals surface area contributed by atoms with Gasteiger partial charge >= 0.3 is 0 Å². The Hall–Kier alpha value is -2.55. The van der Waals surface area contributed by atoms with Crippen LogP contribution < -0.4 is 0 Å². The van der Waals surface area contributed by atoms with Crippen LogP contribution in [0.4, 0.5) is 0 Å². The van der Waals surface area contributed by atoms with Gasteiger partial charge in [0.25, 0.3) is 0 Å². The summed E-state index contributed by atoms with van der Waals surface area (Å²) >= 11 is 0. The average molecular weight is 318 g/mol. The van der Waals surface area contributed by atoms with Crippen LogP contribution in [0.3, 0.4) is 0 Å². The number of aromatic nitrogens is 1. The van der Waals surface area contributed by atoms with E-state index >= 15 is 0 Å². The van der Waals surface area contributed by atoms with Crippen LogP contribution in [-0.2, 0) is 0 Å². The van der Waals surface area contributed by atoms with Crippen LogP contribution >= 0.6 is 0 Å². The lowest BCUT2D eigenvalue weighted by atomic mass is 9.75. The van der Waals surface area contributed by atoms with E-state index in [0.29, 0.717) is 17.9 Å². The van der Waals surface area contributed by atoms with Gasteiger partial charge in [0.15, 0.2) is 5.78 Å². The number of fused-ring (bicyclic) bond motifs is 1. The molecule has 0 amide bonds. The second-order valence-electron chi connectivity index (χ2n) is 6.35. The van der Waals surface area contributed by atoms with Crippen LogP contribution in [0.1, 0.15) is 37.0 Å². The molecule has 1 aromatic rings. The van der Waals surface area contributed by atoms with E-state index in [9.17, 15) is 4.79 Å². The quantitative estimate of drug-likeness (QED) is 0.583. The molecule has 24 heavy (non-hydrogen) atoms. The van der Waals surface area contributed by atoms with Gasteiger partial charge in [0.05, 0.1) is 5.71 Å². The summed E-state index contributed by atoms with van der Waals surface area (Å²) in [6, 6.07) is 3.61. The molecular formula is C21H22N2O. The molecule has 0 fully saturated rings. The zero-order valence-electron chi connectivity index (χ0n) is 14.2. The summed E-state index contributed by atoms with van der Waals surface area (Å²) in [5.74, 6) is 0.786. The first-order chi connectivity index (χ1) is 11.6. The maximum atomic E-state index is 12.6. The minimum absolute atomic E-state index is 0.0910. The molecular weight excluding hydrogens is 296 g/mol. The standard InChI is InChI=1S/C21H22N2O/c1-4-15(5-2)19-13-23-21-17(9-14(3)10-18(19)21)11-20(24)16-7-6-8-22-12-16/h4-9,12-14,18H,1,10-11H2,2-3H3/b15-5+. The summed E-state index contributed by atoms with van der Waals surface area (Å²) in [7, 11) is 0. The van der Waals surface area contributed by atoms with Crippen molar-refractivity contribution in [1.29, 1.82) is 0 Å². The van der Waals surface area contributed by atoms with E-state index in [0.717, 1.165) is 23.3 Å². The van der Waals surface area contributed by atoms with E-state index in [1.165, 1.54) is 5.57 Å². The third kappa shape index (κ3) is 3.07. The number of carbonyl (C=O) groups excluding carboxylic acids is 1. The van der Waals surface area contributed by atoms with Crippen LogP contribution in [0.5, 0.6) is 0 Å².